The van der Waals surface area contributed by atoms with Crippen molar-refractivity contribution < 1.29 is 19.0 Å². The zero-order chi connectivity index (χ0) is 13.1. The summed E-state index contributed by atoms with van der Waals surface area (Å²) in [6, 6.07) is 4.60. The van der Waals surface area contributed by atoms with Crippen molar-refractivity contribution in [3.05, 3.63) is 35.1 Å². The maximum atomic E-state index is 13.4. The Bertz CT molecular complexity index is 444. The van der Waals surface area contributed by atoms with E-state index >= 15 is 0 Å². The van der Waals surface area contributed by atoms with Gasteiger partial charge in [0.25, 0.3) is 0 Å². The standard InChI is InChI=1S/C13H16FNO3/c1-18-10-5-9(6-10)15-7-8-2-3-11(13(16)17)12(14)4-8/h2-4,9-10,15H,5-7H2,1H3,(H,16,17). The number of methoxy groups -OCH3 is 1. The van der Waals surface area contributed by atoms with E-state index in [1.165, 1.54) is 12.1 Å². The molecule has 1 fully saturated rings. The van der Waals surface area contributed by atoms with E-state index < -0.39 is 11.8 Å². The average molecular weight is 253 g/mol. The lowest BCUT2D eigenvalue weighted by Crippen LogP contribution is -2.44. The van der Waals surface area contributed by atoms with Gasteiger partial charge in [-0.1, -0.05) is 6.07 Å². The van der Waals surface area contributed by atoms with Gasteiger partial charge in [-0.15, -0.1) is 0 Å². The van der Waals surface area contributed by atoms with Crippen LogP contribution in [0.5, 0.6) is 0 Å². The molecule has 2 N–H and O–H groups in total. The van der Waals surface area contributed by atoms with Gasteiger partial charge in [-0.05, 0) is 30.5 Å². The fourth-order valence-electron chi connectivity index (χ4n) is 2.03. The second-order valence-corrected chi connectivity index (χ2v) is 4.53. The Balaban J connectivity index is 1.87. The van der Waals surface area contributed by atoms with Crippen LogP contribution < -0.4 is 5.32 Å². The van der Waals surface area contributed by atoms with E-state index in [1.807, 2.05) is 0 Å². The number of nitrogens with one attached hydrogen (secondary N) is 1. The normalized spacial score (nSPS) is 22.6. The number of hydrogen-bond acceptors (Lipinski definition) is 3. The Morgan fingerprint density at radius 3 is 2.83 bits per heavy atom. The highest BCUT2D eigenvalue weighted by atomic mass is 19.1. The third kappa shape index (κ3) is 2.86. The minimum atomic E-state index is -1.24. The quantitative estimate of drug-likeness (QED) is 0.840. The molecule has 0 aliphatic heterocycles. The molecule has 18 heavy (non-hydrogen) atoms. The molecular formula is C13H16FNO3. The molecule has 5 heteroatoms. The van der Waals surface area contributed by atoms with Gasteiger partial charge in [-0.3, -0.25) is 0 Å². The lowest BCUT2D eigenvalue weighted by atomic mass is 9.89. The highest BCUT2D eigenvalue weighted by molar-refractivity contribution is 5.87. The van der Waals surface area contributed by atoms with Crippen LogP contribution in [0, 0.1) is 5.82 Å². The highest BCUT2D eigenvalue weighted by Gasteiger charge is 2.28. The molecule has 2 rings (SSSR count). The van der Waals surface area contributed by atoms with Crippen LogP contribution >= 0.6 is 0 Å². The third-order valence-electron chi connectivity index (χ3n) is 3.29. The van der Waals surface area contributed by atoms with Crippen molar-refractivity contribution in [2.24, 2.45) is 0 Å². The van der Waals surface area contributed by atoms with E-state index in [-0.39, 0.29) is 5.56 Å². The van der Waals surface area contributed by atoms with Crippen molar-refractivity contribution in [1.82, 2.24) is 5.32 Å². The summed E-state index contributed by atoms with van der Waals surface area (Å²) in [5, 5.41) is 12.0. The average Bonchev–Trinajstić information content (AvgIpc) is 2.26. The molecule has 1 aromatic carbocycles. The molecule has 0 amide bonds. The number of aromatic carboxylic acids is 1. The maximum Gasteiger partial charge on any atom is 0.338 e. The minimum absolute atomic E-state index is 0.290. The first-order valence-corrected chi connectivity index (χ1v) is 5.88. The summed E-state index contributed by atoms with van der Waals surface area (Å²) in [4.78, 5) is 10.7. The smallest absolute Gasteiger partial charge is 0.338 e. The van der Waals surface area contributed by atoms with Crippen LogP contribution in [0.15, 0.2) is 18.2 Å². The van der Waals surface area contributed by atoms with Crippen LogP contribution in [0.25, 0.3) is 0 Å². The van der Waals surface area contributed by atoms with E-state index in [2.05, 4.69) is 5.32 Å². The number of carbonyl (C=O) groups is 1. The lowest BCUT2D eigenvalue weighted by Gasteiger charge is -2.34. The van der Waals surface area contributed by atoms with E-state index in [4.69, 9.17) is 9.84 Å². The molecule has 0 spiro atoms. The maximum absolute atomic E-state index is 13.4. The molecule has 1 saturated carbocycles. The van der Waals surface area contributed by atoms with Crippen molar-refractivity contribution in [1.29, 1.82) is 0 Å². The molecule has 0 aromatic heterocycles. The van der Waals surface area contributed by atoms with Crippen LogP contribution in [-0.2, 0) is 11.3 Å². The molecule has 1 aromatic rings. The van der Waals surface area contributed by atoms with Gasteiger partial charge in [0, 0.05) is 19.7 Å². The van der Waals surface area contributed by atoms with Crippen LogP contribution in [0.4, 0.5) is 4.39 Å². The summed E-state index contributed by atoms with van der Waals surface area (Å²) in [6.07, 6.45) is 2.26. The molecule has 0 heterocycles. The van der Waals surface area contributed by atoms with E-state index in [0.29, 0.717) is 18.7 Å². The Hall–Kier alpha value is -1.46. The molecular weight excluding hydrogens is 237 g/mol. The minimum Gasteiger partial charge on any atom is -0.478 e. The Morgan fingerprint density at radius 2 is 2.28 bits per heavy atom. The molecule has 4 nitrogen and oxygen atoms in total. The second-order valence-electron chi connectivity index (χ2n) is 4.53. The van der Waals surface area contributed by atoms with Crippen molar-refractivity contribution in [3.63, 3.8) is 0 Å². The van der Waals surface area contributed by atoms with Crippen LogP contribution in [0.3, 0.4) is 0 Å². The van der Waals surface area contributed by atoms with Crippen molar-refractivity contribution in [2.75, 3.05) is 7.11 Å². The SMILES string of the molecule is COC1CC(NCc2ccc(C(=O)O)c(F)c2)C1. The van der Waals surface area contributed by atoms with Crippen LogP contribution in [0.1, 0.15) is 28.8 Å². The van der Waals surface area contributed by atoms with Gasteiger partial charge >= 0.3 is 5.97 Å². The second kappa shape index (κ2) is 5.46. The van der Waals surface area contributed by atoms with Gasteiger partial charge in [0.2, 0.25) is 0 Å². The Morgan fingerprint density at radius 1 is 1.56 bits per heavy atom. The van der Waals surface area contributed by atoms with Gasteiger partial charge in [0.05, 0.1) is 11.7 Å². The summed E-state index contributed by atoms with van der Waals surface area (Å²) >= 11 is 0. The fourth-order valence-corrected chi connectivity index (χ4v) is 2.03. The lowest BCUT2D eigenvalue weighted by molar-refractivity contribution is 0.0170. The number of carboxylic acid groups (broad SMARTS) is 1. The summed E-state index contributed by atoms with van der Waals surface area (Å²) in [5.74, 6) is -1.93. The summed E-state index contributed by atoms with van der Waals surface area (Å²) in [7, 11) is 1.70. The predicted molar refractivity (Wildman–Crippen MR) is 64.0 cm³/mol. The molecule has 98 valence electrons. The van der Waals surface area contributed by atoms with E-state index in [1.54, 1.807) is 13.2 Å². The number of hydrogen-bond donors (Lipinski definition) is 2. The molecule has 1 aliphatic rings. The highest BCUT2D eigenvalue weighted by Crippen LogP contribution is 2.23. The predicted octanol–water partition coefficient (Wildman–Crippen LogP) is 1.79. The zero-order valence-corrected chi connectivity index (χ0v) is 10.1. The summed E-state index contributed by atoms with van der Waals surface area (Å²) in [5.41, 5.74) is 0.459. The monoisotopic (exact) mass is 253 g/mol. The largest absolute Gasteiger partial charge is 0.478 e. The Labute approximate surface area is 105 Å². The molecule has 1 aliphatic carbocycles. The number of carboxylic acids is 1. The van der Waals surface area contributed by atoms with Crippen LogP contribution in [-0.4, -0.2) is 30.3 Å². The molecule has 0 bridgehead atoms. The molecule has 0 unspecified atom stereocenters. The summed E-state index contributed by atoms with van der Waals surface area (Å²) in [6.45, 7) is 0.540. The van der Waals surface area contributed by atoms with Crippen molar-refractivity contribution in [3.8, 4) is 0 Å². The van der Waals surface area contributed by atoms with Gasteiger partial charge in [0.1, 0.15) is 5.82 Å². The van der Waals surface area contributed by atoms with Crippen molar-refractivity contribution in [2.45, 2.75) is 31.5 Å². The van der Waals surface area contributed by atoms with Gasteiger partial charge < -0.3 is 15.2 Å². The van der Waals surface area contributed by atoms with Crippen molar-refractivity contribution >= 4 is 5.97 Å². The fraction of sp³-hybridized carbons (Fsp3) is 0.462. The number of ether oxygens (including phenoxy) is 1. The number of rotatable bonds is 5. The van der Waals surface area contributed by atoms with Gasteiger partial charge in [0.15, 0.2) is 0 Å². The first kappa shape index (κ1) is 13.0. The molecule has 0 saturated heterocycles. The molecule has 0 radical (unpaired) electrons. The zero-order valence-electron chi connectivity index (χ0n) is 10.1. The van der Waals surface area contributed by atoms with Crippen LogP contribution in [0.2, 0.25) is 0 Å². The van der Waals surface area contributed by atoms with E-state index in [0.717, 1.165) is 18.4 Å². The molecule has 0 atom stereocenters. The van der Waals surface area contributed by atoms with Gasteiger partial charge in [-0.25, -0.2) is 9.18 Å². The first-order valence-electron chi connectivity index (χ1n) is 5.88. The summed E-state index contributed by atoms with van der Waals surface area (Å²) < 4.78 is 18.6. The van der Waals surface area contributed by atoms with Gasteiger partial charge in [-0.2, -0.15) is 0 Å². The Kier molecular flexibility index (Phi) is 3.93. The van der Waals surface area contributed by atoms with E-state index in [9.17, 15) is 9.18 Å². The third-order valence-corrected chi connectivity index (χ3v) is 3.29. The number of halogens is 1. The topological polar surface area (TPSA) is 58.6 Å². The number of benzene rings is 1. The first-order chi connectivity index (χ1) is 8.60.